The SMILES string of the molecule is CC1(c2ccccc2)C=CC(N)(N)C=C1. The standard InChI is InChI=1S/C13H16N2/c1-12(11-5-3-2-4-6-11)7-9-13(14,15)10-8-12/h2-10H,14-15H2,1H3. The summed E-state index contributed by atoms with van der Waals surface area (Å²) in [5.41, 5.74) is 11.9. The van der Waals surface area contributed by atoms with E-state index >= 15 is 0 Å². The van der Waals surface area contributed by atoms with Crippen molar-refractivity contribution in [1.29, 1.82) is 0 Å². The highest BCUT2D eigenvalue weighted by Gasteiger charge is 2.26. The van der Waals surface area contributed by atoms with Gasteiger partial charge in [-0.15, -0.1) is 0 Å². The fourth-order valence-electron chi connectivity index (χ4n) is 1.74. The first kappa shape index (κ1) is 10.1. The van der Waals surface area contributed by atoms with Gasteiger partial charge in [-0.3, -0.25) is 0 Å². The predicted molar refractivity (Wildman–Crippen MR) is 63.2 cm³/mol. The molecule has 0 aliphatic heterocycles. The molecule has 0 spiro atoms. The quantitative estimate of drug-likeness (QED) is 0.535. The molecule has 4 N–H and O–H groups in total. The molecular weight excluding hydrogens is 184 g/mol. The second-order valence-electron chi connectivity index (χ2n) is 4.32. The van der Waals surface area contributed by atoms with Crippen LogP contribution in [0.15, 0.2) is 54.6 Å². The van der Waals surface area contributed by atoms with Crippen LogP contribution in [0.5, 0.6) is 0 Å². The lowest BCUT2D eigenvalue weighted by Gasteiger charge is -2.30. The lowest BCUT2D eigenvalue weighted by molar-refractivity contribution is 0.632. The van der Waals surface area contributed by atoms with E-state index < -0.39 is 5.66 Å². The third kappa shape index (κ3) is 2.01. The second kappa shape index (κ2) is 3.33. The van der Waals surface area contributed by atoms with Crippen molar-refractivity contribution in [2.75, 3.05) is 0 Å². The van der Waals surface area contributed by atoms with Crippen molar-refractivity contribution in [3.8, 4) is 0 Å². The number of hydrogen-bond donors (Lipinski definition) is 2. The molecule has 0 fully saturated rings. The molecule has 0 saturated carbocycles. The van der Waals surface area contributed by atoms with E-state index in [0.717, 1.165) is 0 Å². The summed E-state index contributed by atoms with van der Waals surface area (Å²) in [6, 6.07) is 10.3. The summed E-state index contributed by atoms with van der Waals surface area (Å²) in [5, 5.41) is 0. The fourth-order valence-corrected chi connectivity index (χ4v) is 1.74. The van der Waals surface area contributed by atoms with E-state index in [9.17, 15) is 0 Å². The number of benzene rings is 1. The van der Waals surface area contributed by atoms with Crippen LogP contribution in [0.4, 0.5) is 0 Å². The van der Waals surface area contributed by atoms with Gasteiger partial charge in [0, 0.05) is 5.41 Å². The van der Waals surface area contributed by atoms with Crippen molar-refractivity contribution in [1.82, 2.24) is 0 Å². The van der Waals surface area contributed by atoms with E-state index in [4.69, 9.17) is 11.5 Å². The molecule has 78 valence electrons. The Hall–Kier alpha value is -1.38. The molecule has 2 nitrogen and oxygen atoms in total. The smallest absolute Gasteiger partial charge is 0.102 e. The van der Waals surface area contributed by atoms with E-state index in [1.165, 1.54) is 5.56 Å². The fraction of sp³-hybridized carbons (Fsp3) is 0.231. The van der Waals surface area contributed by atoms with Gasteiger partial charge in [-0.1, -0.05) is 42.5 Å². The first-order valence-electron chi connectivity index (χ1n) is 5.06. The van der Waals surface area contributed by atoms with Gasteiger partial charge >= 0.3 is 0 Å². The van der Waals surface area contributed by atoms with Gasteiger partial charge in [-0.25, -0.2) is 0 Å². The lowest BCUT2D eigenvalue weighted by Crippen LogP contribution is -2.47. The minimum Gasteiger partial charge on any atom is -0.307 e. The van der Waals surface area contributed by atoms with Crippen molar-refractivity contribution in [2.45, 2.75) is 18.0 Å². The summed E-state index contributed by atoms with van der Waals surface area (Å²) in [6.45, 7) is 2.14. The molecule has 2 rings (SSSR count). The maximum absolute atomic E-state index is 5.78. The summed E-state index contributed by atoms with van der Waals surface area (Å²) in [4.78, 5) is 0. The van der Waals surface area contributed by atoms with Crippen molar-refractivity contribution in [2.24, 2.45) is 11.5 Å². The van der Waals surface area contributed by atoms with Crippen LogP contribution in [0.3, 0.4) is 0 Å². The van der Waals surface area contributed by atoms with E-state index in [1.807, 2.05) is 30.4 Å². The van der Waals surface area contributed by atoms with Gasteiger partial charge < -0.3 is 11.5 Å². The maximum Gasteiger partial charge on any atom is 0.102 e. The molecule has 1 aliphatic rings. The van der Waals surface area contributed by atoms with Gasteiger partial charge in [0.05, 0.1) is 0 Å². The first-order valence-corrected chi connectivity index (χ1v) is 5.06. The summed E-state index contributed by atoms with van der Waals surface area (Å²) in [6.07, 6.45) is 7.81. The van der Waals surface area contributed by atoms with Crippen LogP contribution in [0.25, 0.3) is 0 Å². The van der Waals surface area contributed by atoms with Crippen LogP contribution in [-0.4, -0.2) is 5.66 Å². The highest BCUT2D eigenvalue weighted by atomic mass is 14.9. The summed E-state index contributed by atoms with van der Waals surface area (Å²) < 4.78 is 0. The zero-order chi connectivity index (χ0) is 10.9. The van der Waals surface area contributed by atoms with Crippen LogP contribution in [0.1, 0.15) is 12.5 Å². The Balaban J connectivity index is 2.36. The maximum atomic E-state index is 5.78. The Bertz CT molecular complexity index is 386. The van der Waals surface area contributed by atoms with Crippen molar-refractivity contribution in [3.63, 3.8) is 0 Å². The molecular formula is C13H16N2. The first-order chi connectivity index (χ1) is 7.02. The number of rotatable bonds is 1. The van der Waals surface area contributed by atoms with E-state index in [2.05, 4.69) is 31.2 Å². The molecule has 0 heterocycles. The third-order valence-electron chi connectivity index (χ3n) is 2.83. The Morgan fingerprint density at radius 2 is 1.40 bits per heavy atom. The van der Waals surface area contributed by atoms with Gasteiger partial charge in [0.25, 0.3) is 0 Å². The normalized spacial score (nSPS) is 21.5. The van der Waals surface area contributed by atoms with Gasteiger partial charge in [-0.05, 0) is 24.6 Å². The minimum atomic E-state index is -0.797. The molecule has 0 radical (unpaired) electrons. The topological polar surface area (TPSA) is 52.0 Å². The minimum absolute atomic E-state index is 0.0938. The molecule has 1 aliphatic carbocycles. The molecule has 0 saturated heterocycles. The zero-order valence-corrected chi connectivity index (χ0v) is 8.85. The van der Waals surface area contributed by atoms with E-state index in [1.54, 1.807) is 0 Å². The molecule has 0 bridgehead atoms. The molecule has 1 aromatic rings. The van der Waals surface area contributed by atoms with Gasteiger partial charge in [-0.2, -0.15) is 0 Å². The van der Waals surface area contributed by atoms with Crippen LogP contribution in [0, 0.1) is 0 Å². The molecule has 2 heteroatoms. The zero-order valence-electron chi connectivity index (χ0n) is 8.85. The Kier molecular flexibility index (Phi) is 2.25. The van der Waals surface area contributed by atoms with Gasteiger partial charge in [0.2, 0.25) is 0 Å². The second-order valence-corrected chi connectivity index (χ2v) is 4.32. The predicted octanol–water partition coefficient (Wildman–Crippen LogP) is 1.68. The highest BCUT2D eigenvalue weighted by Crippen LogP contribution is 2.30. The number of allylic oxidation sites excluding steroid dienone is 2. The Morgan fingerprint density at radius 3 is 1.93 bits per heavy atom. The van der Waals surface area contributed by atoms with E-state index in [-0.39, 0.29) is 5.41 Å². The van der Waals surface area contributed by atoms with Crippen LogP contribution < -0.4 is 11.5 Å². The molecule has 0 unspecified atom stereocenters. The lowest BCUT2D eigenvalue weighted by atomic mass is 9.78. The number of hydrogen-bond acceptors (Lipinski definition) is 2. The van der Waals surface area contributed by atoms with Gasteiger partial charge in [0.1, 0.15) is 5.66 Å². The summed E-state index contributed by atoms with van der Waals surface area (Å²) >= 11 is 0. The molecule has 15 heavy (non-hydrogen) atoms. The number of nitrogens with two attached hydrogens (primary N) is 2. The molecule has 0 aromatic heterocycles. The van der Waals surface area contributed by atoms with Crippen molar-refractivity contribution in [3.05, 3.63) is 60.2 Å². The van der Waals surface area contributed by atoms with Crippen LogP contribution >= 0.6 is 0 Å². The highest BCUT2D eigenvalue weighted by molar-refractivity contribution is 5.40. The average molecular weight is 200 g/mol. The average Bonchev–Trinajstić information content (AvgIpc) is 2.24. The van der Waals surface area contributed by atoms with Crippen LogP contribution in [0.2, 0.25) is 0 Å². The monoisotopic (exact) mass is 200 g/mol. The largest absolute Gasteiger partial charge is 0.307 e. The van der Waals surface area contributed by atoms with Crippen LogP contribution in [-0.2, 0) is 5.41 Å². The summed E-state index contributed by atoms with van der Waals surface area (Å²) in [5.74, 6) is 0. The molecule has 0 amide bonds. The summed E-state index contributed by atoms with van der Waals surface area (Å²) in [7, 11) is 0. The molecule has 1 aromatic carbocycles. The molecule has 0 atom stereocenters. The van der Waals surface area contributed by atoms with Gasteiger partial charge in [0.15, 0.2) is 0 Å². The Labute approximate surface area is 90.3 Å². The van der Waals surface area contributed by atoms with Crippen molar-refractivity contribution < 1.29 is 0 Å². The third-order valence-corrected chi connectivity index (χ3v) is 2.83. The van der Waals surface area contributed by atoms with E-state index in [0.29, 0.717) is 0 Å². The Morgan fingerprint density at radius 1 is 0.867 bits per heavy atom. The van der Waals surface area contributed by atoms with Crippen molar-refractivity contribution >= 4 is 0 Å².